The highest BCUT2D eigenvalue weighted by Gasteiger charge is 2.16. The molecule has 86 valence electrons. The number of thiophene rings is 1. The van der Waals surface area contributed by atoms with E-state index in [0.717, 1.165) is 0 Å². The Morgan fingerprint density at radius 1 is 1.06 bits per heavy atom. The maximum Gasteiger partial charge on any atom is 0.180 e. The van der Waals surface area contributed by atoms with E-state index < -0.39 is 11.6 Å². The van der Waals surface area contributed by atoms with Crippen molar-refractivity contribution in [3.63, 3.8) is 0 Å². The highest BCUT2D eigenvalue weighted by molar-refractivity contribution is 7.12. The minimum absolute atomic E-state index is 0.0302. The number of carbonyl (C=O) groups excluding carboxylic acids is 2. The predicted octanol–water partition coefficient (Wildman–Crippen LogP) is 3.34. The Kier molecular flexibility index (Phi) is 3.44. The molecule has 0 bridgehead atoms. The third-order valence-electron chi connectivity index (χ3n) is 2.29. The normalized spacial score (nSPS) is 10.2. The molecule has 0 aliphatic heterocycles. The molecule has 0 aliphatic carbocycles. The van der Waals surface area contributed by atoms with Gasteiger partial charge in [-0.15, -0.1) is 11.3 Å². The van der Waals surface area contributed by atoms with E-state index >= 15 is 0 Å². The molecule has 0 N–H and O–H groups in total. The number of hydrogen-bond donors (Lipinski definition) is 0. The Morgan fingerprint density at radius 3 is 2.47 bits per heavy atom. The van der Waals surface area contributed by atoms with Crippen molar-refractivity contribution in [3.05, 3.63) is 58.0 Å². The highest BCUT2D eigenvalue weighted by atomic mass is 32.1. The summed E-state index contributed by atoms with van der Waals surface area (Å²) < 4.78 is 13.3. The standard InChI is InChI=1S/C13H9FO2S/c14-10-5-2-1-4-9(10)11(15)8-12(16)13-6-3-7-17-13/h1-7H,8H2. The predicted molar refractivity (Wildman–Crippen MR) is 64.0 cm³/mol. The van der Waals surface area contributed by atoms with Gasteiger partial charge < -0.3 is 0 Å². The molecule has 0 unspecified atom stereocenters. The fraction of sp³-hybridized carbons (Fsp3) is 0.0769. The van der Waals surface area contributed by atoms with Crippen LogP contribution in [0.5, 0.6) is 0 Å². The molecule has 2 rings (SSSR count). The van der Waals surface area contributed by atoms with Gasteiger partial charge in [0.15, 0.2) is 11.6 Å². The lowest BCUT2D eigenvalue weighted by atomic mass is 10.0. The van der Waals surface area contributed by atoms with E-state index in [1.54, 1.807) is 23.6 Å². The molecule has 4 heteroatoms. The van der Waals surface area contributed by atoms with E-state index in [2.05, 4.69) is 0 Å². The topological polar surface area (TPSA) is 34.1 Å². The zero-order chi connectivity index (χ0) is 12.3. The smallest absolute Gasteiger partial charge is 0.180 e. The third-order valence-corrected chi connectivity index (χ3v) is 3.20. The van der Waals surface area contributed by atoms with E-state index in [0.29, 0.717) is 4.88 Å². The van der Waals surface area contributed by atoms with Gasteiger partial charge in [-0.1, -0.05) is 18.2 Å². The second-order valence-corrected chi connectivity index (χ2v) is 4.43. The van der Waals surface area contributed by atoms with Crippen molar-refractivity contribution in [3.8, 4) is 0 Å². The Hall–Kier alpha value is -1.81. The fourth-order valence-corrected chi connectivity index (χ4v) is 2.12. The van der Waals surface area contributed by atoms with E-state index in [1.807, 2.05) is 0 Å². The molecule has 2 nitrogen and oxygen atoms in total. The van der Waals surface area contributed by atoms with Crippen LogP contribution in [-0.4, -0.2) is 11.6 Å². The van der Waals surface area contributed by atoms with Crippen LogP contribution in [0.2, 0.25) is 0 Å². The Bertz CT molecular complexity index is 546. The molecule has 1 heterocycles. The summed E-state index contributed by atoms with van der Waals surface area (Å²) in [6, 6.07) is 9.08. The number of benzene rings is 1. The van der Waals surface area contributed by atoms with Gasteiger partial charge in [0.2, 0.25) is 0 Å². The Morgan fingerprint density at radius 2 is 1.82 bits per heavy atom. The number of halogens is 1. The monoisotopic (exact) mass is 248 g/mol. The van der Waals surface area contributed by atoms with Gasteiger partial charge in [-0.2, -0.15) is 0 Å². The summed E-state index contributed by atoms with van der Waals surface area (Å²) in [5, 5.41) is 1.76. The van der Waals surface area contributed by atoms with Crippen LogP contribution < -0.4 is 0 Å². The number of Topliss-reactive ketones (excluding diaryl/α,β-unsaturated/α-hetero) is 2. The molecule has 0 amide bonds. The van der Waals surface area contributed by atoms with E-state index in [9.17, 15) is 14.0 Å². The molecule has 17 heavy (non-hydrogen) atoms. The van der Waals surface area contributed by atoms with Gasteiger partial charge in [0, 0.05) is 0 Å². The summed E-state index contributed by atoms with van der Waals surface area (Å²) in [6.07, 6.45) is -0.290. The lowest BCUT2D eigenvalue weighted by Crippen LogP contribution is -2.09. The first kappa shape index (κ1) is 11.7. The molecule has 1 aromatic heterocycles. The minimum Gasteiger partial charge on any atom is -0.294 e. The van der Waals surface area contributed by atoms with Gasteiger partial charge in [0.05, 0.1) is 16.9 Å². The van der Waals surface area contributed by atoms with Gasteiger partial charge in [-0.25, -0.2) is 4.39 Å². The highest BCUT2D eigenvalue weighted by Crippen LogP contribution is 2.15. The summed E-state index contributed by atoms with van der Waals surface area (Å²) in [6.45, 7) is 0. The minimum atomic E-state index is -0.587. The Labute approximate surface area is 102 Å². The maximum absolute atomic E-state index is 13.3. The average molecular weight is 248 g/mol. The van der Waals surface area contributed by atoms with Crippen LogP contribution in [-0.2, 0) is 0 Å². The lowest BCUT2D eigenvalue weighted by Gasteiger charge is -2.00. The largest absolute Gasteiger partial charge is 0.294 e. The Balaban J connectivity index is 2.13. The van der Waals surface area contributed by atoms with Crippen molar-refractivity contribution < 1.29 is 14.0 Å². The lowest BCUT2D eigenvalue weighted by molar-refractivity contribution is 0.0894. The zero-order valence-corrected chi connectivity index (χ0v) is 9.67. The SMILES string of the molecule is O=C(CC(=O)c1ccccc1F)c1cccs1. The van der Waals surface area contributed by atoms with Crippen LogP contribution in [0.25, 0.3) is 0 Å². The van der Waals surface area contributed by atoms with Crippen molar-refractivity contribution in [1.29, 1.82) is 0 Å². The zero-order valence-electron chi connectivity index (χ0n) is 8.85. The number of hydrogen-bond acceptors (Lipinski definition) is 3. The van der Waals surface area contributed by atoms with Gasteiger partial charge in [-0.05, 0) is 23.6 Å². The molecule has 0 spiro atoms. The van der Waals surface area contributed by atoms with E-state index in [-0.39, 0.29) is 17.8 Å². The number of carbonyl (C=O) groups is 2. The fourth-order valence-electron chi connectivity index (χ4n) is 1.45. The van der Waals surface area contributed by atoms with Crippen LogP contribution in [0.4, 0.5) is 4.39 Å². The van der Waals surface area contributed by atoms with Crippen molar-refractivity contribution >= 4 is 22.9 Å². The molecule has 0 saturated carbocycles. The summed E-state index contributed by atoms with van der Waals surface area (Å²) >= 11 is 1.28. The summed E-state index contributed by atoms with van der Waals surface area (Å²) in [7, 11) is 0. The van der Waals surface area contributed by atoms with Gasteiger partial charge >= 0.3 is 0 Å². The molecular weight excluding hydrogens is 239 g/mol. The van der Waals surface area contributed by atoms with E-state index in [1.165, 1.54) is 29.5 Å². The van der Waals surface area contributed by atoms with Gasteiger partial charge in [0.25, 0.3) is 0 Å². The summed E-state index contributed by atoms with van der Waals surface area (Å²) in [5.74, 6) is -1.34. The molecule has 0 aliphatic rings. The molecule has 2 aromatic rings. The van der Waals surface area contributed by atoms with Crippen LogP contribution >= 0.6 is 11.3 Å². The second kappa shape index (κ2) is 5.01. The van der Waals surface area contributed by atoms with Gasteiger partial charge in [0.1, 0.15) is 5.82 Å². The average Bonchev–Trinajstić information content (AvgIpc) is 2.82. The first-order chi connectivity index (χ1) is 8.18. The second-order valence-electron chi connectivity index (χ2n) is 3.48. The van der Waals surface area contributed by atoms with Crippen LogP contribution in [0.15, 0.2) is 41.8 Å². The van der Waals surface area contributed by atoms with Gasteiger partial charge in [-0.3, -0.25) is 9.59 Å². The quantitative estimate of drug-likeness (QED) is 0.614. The molecule has 0 fully saturated rings. The maximum atomic E-state index is 13.3. The first-order valence-electron chi connectivity index (χ1n) is 5.03. The van der Waals surface area contributed by atoms with Crippen molar-refractivity contribution in [2.75, 3.05) is 0 Å². The van der Waals surface area contributed by atoms with E-state index in [4.69, 9.17) is 0 Å². The summed E-state index contributed by atoms with van der Waals surface area (Å²) in [4.78, 5) is 23.9. The number of ketones is 2. The van der Waals surface area contributed by atoms with Crippen LogP contribution in [0.1, 0.15) is 26.5 Å². The molecule has 0 saturated heterocycles. The first-order valence-corrected chi connectivity index (χ1v) is 5.91. The molecule has 0 radical (unpaired) electrons. The molecule has 0 atom stereocenters. The van der Waals surface area contributed by atoms with Crippen molar-refractivity contribution in [2.45, 2.75) is 6.42 Å². The van der Waals surface area contributed by atoms with Crippen LogP contribution in [0, 0.1) is 5.82 Å². The molecular formula is C13H9FO2S. The third kappa shape index (κ3) is 2.65. The van der Waals surface area contributed by atoms with Crippen LogP contribution in [0.3, 0.4) is 0 Å². The van der Waals surface area contributed by atoms with Crippen molar-refractivity contribution in [2.24, 2.45) is 0 Å². The molecule has 1 aromatic carbocycles. The number of rotatable bonds is 4. The van der Waals surface area contributed by atoms with Crippen molar-refractivity contribution in [1.82, 2.24) is 0 Å². The summed E-state index contributed by atoms with van der Waals surface area (Å²) in [5.41, 5.74) is -0.0302.